The minimum atomic E-state index is -2.90. The molecule has 144 valence electrons. The Bertz CT molecular complexity index is 918. The molecule has 0 aromatic heterocycles. The maximum atomic E-state index is 12.5. The summed E-state index contributed by atoms with van der Waals surface area (Å²) >= 11 is 0. The van der Waals surface area contributed by atoms with Crippen LogP contribution in [0.25, 0.3) is 11.1 Å². The van der Waals surface area contributed by atoms with E-state index in [2.05, 4.69) is 29.0 Å². The maximum absolute atomic E-state index is 12.5. The number of carbonyl (C=O) groups is 1. The molecule has 0 heterocycles. The Morgan fingerprint density at radius 2 is 1.21 bits per heavy atom. The molecule has 0 aliphatic carbocycles. The van der Waals surface area contributed by atoms with Crippen LogP contribution in [-0.4, -0.2) is 18.5 Å². The second-order valence-electron chi connectivity index (χ2n) is 6.42. The zero-order valence-corrected chi connectivity index (χ0v) is 15.6. The summed E-state index contributed by atoms with van der Waals surface area (Å²) in [4.78, 5) is 12.5. The van der Waals surface area contributed by atoms with Crippen molar-refractivity contribution in [3.05, 3.63) is 83.9 Å². The monoisotopic (exact) mass is 382 g/mol. The molecule has 0 spiro atoms. The molecule has 3 nitrogen and oxygen atoms in total. The van der Waals surface area contributed by atoms with Gasteiger partial charge in [-0.2, -0.15) is 8.78 Å². The van der Waals surface area contributed by atoms with Crippen molar-refractivity contribution in [1.29, 1.82) is 0 Å². The molecule has 3 rings (SSSR count). The summed E-state index contributed by atoms with van der Waals surface area (Å²) in [6, 6.07) is 21.3. The third kappa shape index (κ3) is 4.94. The molecule has 0 unspecified atom stereocenters. The van der Waals surface area contributed by atoms with E-state index in [0.717, 1.165) is 11.1 Å². The van der Waals surface area contributed by atoms with Crippen molar-refractivity contribution in [3.8, 4) is 22.6 Å². The number of benzene rings is 3. The van der Waals surface area contributed by atoms with Crippen molar-refractivity contribution in [2.75, 3.05) is 0 Å². The third-order valence-electron chi connectivity index (χ3n) is 4.29. The van der Waals surface area contributed by atoms with Gasteiger partial charge in [0.15, 0.2) is 6.10 Å². The Labute approximate surface area is 162 Å². The van der Waals surface area contributed by atoms with Crippen LogP contribution in [-0.2, 0) is 0 Å². The number of carbonyl (C=O) groups excluding carboxylic acids is 1. The SMILES string of the molecule is Cc1ccc(-c2ccc(O[C@H](C)C(=O)c3ccc(OC(F)F)cc3)cc2)cc1. The minimum Gasteiger partial charge on any atom is -0.483 e. The number of alkyl halides is 2. The van der Waals surface area contributed by atoms with Crippen LogP contribution >= 0.6 is 0 Å². The summed E-state index contributed by atoms with van der Waals surface area (Å²) in [6.45, 7) is 0.796. The smallest absolute Gasteiger partial charge is 0.387 e. The maximum Gasteiger partial charge on any atom is 0.387 e. The van der Waals surface area contributed by atoms with Crippen molar-refractivity contribution in [3.63, 3.8) is 0 Å². The summed E-state index contributed by atoms with van der Waals surface area (Å²) in [5.41, 5.74) is 3.73. The van der Waals surface area contributed by atoms with Crippen LogP contribution in [0.15, 0.2) is 72.8 Å². The molecule has 0 saturated carbocycles. The quantitative estimate of drug-likeness (QED) is 0.476. The van der Waals surface area contributed by atoms with Crippen LogP contribution in [0.5, 0.6) is 11.5 Å². The van der Waals surface area contributed by atoms with Gasteiger partial charge in [0, 0.05) is 5.56 Å². The average Bonchev–Trinajstić information content (AvgIpc) is 2.69. The summed E-state index contributed by atoms with van der Waals surface area (Å²) in [5.74, 6) is 0.340. The molecule has 0 saturated heterocycles. The molecule has 0 radical (unpaired) electrons. The fourth-order valence-electron chi connectivity index (χ4n) is 2.76. The van der Waals surface area contributed by atoms with Crippen LogP contribution in [0.3, 0.4) is 0 Å². The second-order valence-corrected chi connectivity index (χ2v) is 6.42. The number of aryl methyl sites for hydroxylation is 1. The number of ether oxygens (including phenoxy) is 2. The van der Waals surface area contributed by atoms with Crippen molar-refractivity contribution < 1.29 is 23.0 Å². The predicted octanol–water partition coefficient (Wildman–Crippen LogP) is 5.91. The van der Waals surface area contributed by atoms with Crippen LogP contribution in [0.2, 0.25) is 0 Å². The summed E-state index contributed by atoms with van der Waals surface area (Å²) in [6.07, 6.45) is -0.716. The average molecular weight is 382 g/mol. The molecule has 0 N–H and O–H groups in total. The lowest BCUT2D eigenvalue weighted by molar-refractivity contribution is -0.0498. The molecule has 5 heteroatoms. The zero-order chi connectivity index (χ0) is 20.1. The third-order valence-corrected chi connectivity index (χ3v) is 4.29. The second kappa shape index (κ2) is 8.65. The highest BCUT2D eigenvalue weighted by Gasteiger charge is 2.17. The first-order valence-corrected chi connectivity index (χ1v) is 8.85. The van der Waals surface area contributed by atoms with E-state index in [-0.39, 0.29) is 11.5 Å². The van der Waals surface area contributed by atoms with Gasteiger partial charge in [-0.15, -0.1) is 0 Å². The molecule has 3 aromatic rings. The molecule has 0 aliphatic rings. The van der Waals surface area contributed by atoms with Gasteiger partial charge < -0.3 is 9.47 Å². The van der Waals surface area contributed by atoms with E-state index >= 15 is 0 Å². The molecule has 0 amide bonds. The molecule has 0 aliphatic heterocycles. The topological polar surface area (TPSA) is 35.5 Å². The number of Topliss-reactive ketones (excluding diaryl/α,β-unsaturated/α-hetero) is 1. The number of hydrogen-bond acceptors (Lipinski definition) is 3. The van der Waals surface area contributed by atoms with Crippen LogP contribution in [0.1, 0.15) is 22.8 Å². The molecular weight excluding hydrogens is 362 g/mol. The highest BCUT2D eigenvalue weighted by Crippen LogP contribution is 2.24. The van der Waals surface area contributed by atoms with Gasteiger partial charge in [-0.05, 0) is 61.4 Å². The lowest BCUT2D eigenvalue weighted by Gasteiger charge is -2.14. The highest BCUT2D eigenvalue weighted by atomic mass is 19.3. The van der Waals surface area contributed by atoms with Crippen LogP contribution < -0.4 is 9.47 Å². The summed E-state index contributed by atoms with van der Waals surface area (Å²) in [5, 5.41) is 0. The van der Waals surface area contributed by atoms with E-state index in [9.17, 15) is 13.6 Å². The highest BCUT2D eigenvalue weighted by molar-refractivity contribution is 5.99. The number of halogens is 2. The first-order valence-electron chi connectivity index (χ1n) is 8.85. The van der Waals surface area contributed by atoms with E-state index in [1.165, 1.54) is 29.8 Å². The van der Waals surface area contributed by atoms with E-state index in [0.29, 0.717) is 11.3 Å². The van der Waals surface area contributed by atoms with Gasteiger partial charge in [0.1, 0.15) is 11.5 Å². The van der Waals surface area contributed by atoms with Gasteiger partial charge in [-0.3, -0.25) is 4.79 Å². The van der Waals surface area contributed by atoms with Gasteiger partial charge in [0.25, 0.3) is 0 Å². The lowest BCUT2D eigenvalue weighted by atomic mass is 10.0. The standard InChI is InChI=1S/C23H20F2O3/c1-15-3-5-17(6-4-15)18-7-11-20(12-8-18)27-16(2)22(26)19-9-13-21(14-10-19)28-23(24)25/h3-14,16,23H,1-2H3/t16-/m1/s1. The zero-order valence-electron chi connectivity index (χ0n) is 15.6. The Morgan fingerprint density at radius 1 is 0.750 bits per heavy atom. The Morgan fingerprint density at radius 3 is 1.75 bits per heavy atom. The van der Waals surface area contributed by atoms with Gasteiger partial charge in [0.05, 0.1) is 0 Å². The summed E-state index contributed by atoms with van der Waals surface area (Å²) in [7, 11) is 0. The molecular formula is C23H20F2O3. The predicted molar refractivity (Wildman–Crippen MR) is 104 cm³/mol. The number of hydrogen-bond donors (Lipinski definition) is 0. The van der Waals surface area contributed by atoms with E-state index in [1.54, 1.807) is 6.92 Å². The fraction of sp³-hybridized carbons (Fsp3) is 0.174. The number of rotatable bonds is 7. The van der Waals surface area contributed by atoms with Crippen LogP contribution in [0, 0.1) is 6.92 Å². The van der Waals surface area contributed by atoms with E-state index in [4.69, 9.17) is 4.74 Å². The molecule has 0 bridgehead atoms. The van der Waals surface area contributed by atoms with E-state index in [1.807, 2.05) is 31.2 Å². The lowest BCUT2D eigenvalue weighted by Crippen LogP contribution is -2.23. The van der Waals surface area contributed by atoms with Gasteiger partial charge in [0.2, 0.25) is 5.78 Å². The minimum absolute atomic E-state index is 0.00631. The molecule has 28 heavy (non-hydrogen) atoms. The Kier molecular flexibility index (Phi) is 6.04. The van der Waals surface area contributed by atoms with Crippen molar-refractivity contribution in [1.82, 2.24) is 0 Å². The van der Waals surface area contributed by atoms with Gasteiger partial charge in [-0.1, -0.05) is 42.0 Å². The van der Waals surface area contributed by atoms with Crippen molar-refractivity contribution in [2.24, 2.45) is 0 Å². The first-order chi connectivity index (χ1) is 13.4. The molecule has 3 aromatic carbocycles. The largest absolute Gasteiger partial charge is 0.483 e. The van der Waals surface area contributed by atoms with E-state index < -0.39 is 12.7 Å². The molecule has 0 fully saturated rings. The Hall–Kier alpha value is -3.21. The Balaban J connectivity index is 1.64. The van der Waals surface area contributed by atoms with Crippen LogP contribution in [0.4, 0.5) is 8.78 Å². The normalized spacial score (nSPS) is 11.9. The van der Waals surface area contributed by atoms with Crippen molar-refractivity contribution >= 4 is 5.78 Å². The fourth-order valence-corrected chi connectivity index (χ4v) is 2.76. The van der Waals surface area contributed by atoms with Gasteiger partial charge >= 0.3 is 6.61 Å². The summed E-state index contributed by atoms with van der Waals surface area (Å²) < 4.78 is 34.4. The number of ketones is 1. The molecule has 1 atom stereocenters. The first kappa shape index (κ1) is 19.5. The van der Waals surface area contributed by atoms with Crippen molar-refractivity contribution in [2.45, 2.75) is 26.6 Å². The van der Waals surface area contributed by atoms with Gasteiger partial charge in [-0.25, -0.2) is 0 Å².